The van der Waals surface area contributed by atoms with Crippen LogP contribution in [-0.4, -0.2) is 36.9 Å². The minimum Gasteiger partial charge on any atom is -0.397 e. The Morgan fingerprint density at radius 3 is 2.44 bits per heavy atom. The minimum absolute atomic E-state index is 0.194. The first-order valence-corrected chi connectivity index (χ1v) is 10.00. The normalized spacial score (nSPS) is 17.7. The van der Waals surface area contributed by atoms with E-state index in [1.165, 1.54) is 24.8 Å². The summed E-state index contributed by atoms with van der Waals surface area (Å²) in [7, 11) is 1.80. The third-order valence-electron chi connectivity index (χ3n) is 5.16. The highest BCUT2D eigenvalue weighted by Gasteiger charge is 2.24. The molecular formula is C21H37N5O. The summed E-state index contributed by atoms with van der Waals surface area (Å²) < 4.78 is 0. The number of fused-ring (bicyclic) bond motifs is 4. The van der Waals surface area contributed by atoms with Crippen LogP contribution in [0.1, 0.15) is 65.4 Å². The summed E-state index contributed by atoms with van der Waals surface area (Å²) in [6.07, 6.45) is 6.98. The maximum absolute atomic E-state index is 11.3. The lowest BCUT2D eigenvalue weighted by Crippen LogP contribution is -2.36. The summed E-state index contributed by atoms with van der Waals surface area (Å²) in [4.78, 5) is 16.5. The zero-order valence-electron chi connectivity index (χ0n) is 17.6. The molecule has 0 saturated heterocycles. The number of amides is 2. The van der Waals surface area contributed by atoms with Crippen molar-refractivity contribution in [3.05, 3.63) is 23.8 Å². The molecule has 1 fully saturated rings. The van der Waals surface area contributed by atoms with Crippen LogP contribution in [0.25, 0.3) is 0 Å². The molecule has 0 aromatic heterocycles. The van der Waals surface area contributed by atoms with E-state index in [1.807, 2.05) is 13.8 Å². The molecule has 5 N–H and O–H groups in total. The van der Waals surface area contributed by atoms with Crippen molar-refractivity contribution in [1.82, 2.24) is 4.90 Å². The smallest absolute Gasteiger partial charge is 0.344 e. The van der Waals surface area contributed by atoms with Crippen LogP contribution >= 0.6 is 0 Å². The number of hydrogen-bond donors (Lipinski definition) is 3. The number of nitrogens with zero attached hydrogens (tertiary/aromatic N) is 2. The van der Waals surface area contributed by atoms with Crippen molar-refractivity contribution < 1.29 is 4.79 Å². The summed E-state index contributed by atoms with van der Waals surface area (Å²) in [5.41, 5.74) is 14.3. The van der Waals surface area contributed by atoms with E-state index in [9.17, 15) is 4.79 Å². The Morgan fingerprint density at radius 1 is 1.26 bits per heavy atom. The molecule has 2 aliphatic heterocycles. The molecule has 2 heterocycles. The Morgan fingerprint density at radius 2 is 1.89 bits per heavy atom. The van der Waals surface area contributed by atoms with Gasteiger partial charge in [0.05, 0.1) is 17.7 Å². The lowest BCUT2D eigenvalue weighted by molar-refractivity contribution is 0.183. The zero-order chi connectivity index (χ0) is 20.4. The van der Waals surface area contributed by atoms with Crippen LogP contribution in [0.4, 0.5) is 16.2 Å². The standard InChI is InChI=1S/C10H14N2.C9H17N3O.C2H6/c1-10(2)6-12-9-4-3-7(10)5-8(9)11;1-12(9(13)11-7-10)8-5-3-2-4-6-8;1-2/h3-5,12H,6,11H2,1-2H3;7-8H,2-6H2,1H3,(H2,10,11,13);1-2H3. The predicted molar refractivity (Wildman–Crippen MR) is 116 cm³/mol. The Hall–Kier alpha value is -2.24. The third kappa shape index (κ3) is 6.45. The maximum Gasteiger partial charge on any atom is 0.344 e. The van der Waals surface area contributed by atoms with E-state index in [1.54, 1.807) is 11.9 Å². The number of nitrogens with two attached hydrogens (primary N) is 2. The van der Waals surface area contributed by atoms with Crippen molar-refractivity contribution in [2.75, 3.05) is 24.6 Å². The zero-order valence-corrected chi connectivity index (χ0v) is 17.6. The van der Waals surface area contributed by atoms with Gasteiger partial charge in [0.2, 0.25) is 0 Å². The lowest BCUT2D eigenvalue weighted by atomic mass is 9.86. The third-order valence-corrected chi connectivity index (χ3v) is 5.16. The van der Waals surface area contributed by atoms with Crippen LogP contribution in [0.3, 0.4) is 0 Å². The molecule has 0 spiro atoms. The van der Waals surface area contributed by atoms with Gasteiger partial charge in [-0.25, -0.2) is 4.79 Å². The summed E-state index contributed by atoms with van der Waals surface area (Å²) in [5, 5.41) is 3.33. The number of anilines is 2. The summed E-state index contributed by atoms with van der Waals surface area (Å²) in [6, 6.07) is 6.40. The van der Waals surface area contributed by atoms with Gasteiger partial charge in [-0.2, -0.15) is 4.99 Å². The van der Waals surface area contributed by atoms with Crippen LogP contribution in [0, 0.1) is 0 Å². The van der Waals surface area contributed by atoms with Gasteiger partial charge in [-0.05, 0) is 30.5 Å². The van der Waals surface area contributed by atoms with E-state index >= 15 is 0 Å². The molecule has 152 valence electrons. The number of benzene rings is 1. The average Bonchev–Trinajstić information content (AvgIpc) is 2.89. The van der Waals surface area contributed by atoms with Crippen molar-refractivity contribution in [1.29, 1.82) is 0 Å². The Bertz CT molecular complexity index is 621. The van der Waals surface area contributed by atoms with Gasteiger partial charge < -0.3 is 21.7 Å². The van der Waals surface area contributed by atoms with Gasteiger partial charge >= 0.3 is 6.03 Å². The van der Waals surface area contributed by atoms with Crippen molar-refractivity contribution in [2.45, 2.75) is 71.3 Å². The predicted octanol–water partition coefficient (Wildman–Crippen LogP) is 4.36. The molecule has 1 aliphatic carbocycles. The summed E-state index contributed by atoms with van der Waals surface area (Å²) in [5.74, 6) is 0. The van der Waals surface area contributed by atoms with Gasteiger partial charge in [-0.15, -0.1) is 0 Å². The highest BCUT2D eigenvalue weighted by atomic mass is 16.2. The first-order valence-electron chi connectivity index (χ1n) is 10.00. The number of nitrogens with one attached hydrogen (secondary N) is 1. The number of aliphatic imine (C=N–C) groups is 1. The minimum atomic E-state index is -0.227. The van der Waals surface area contributed by atoms with Crippen molar-refractivity contribution in [2.24, 2.45) is 10.7 Å². The molecule has 0 unspecified atom stereocenters. The highest BCUT2D eigenvalue weighted by Crippen LogP contribution is 2.33. The largest absolute Gasteiger partial charge is 0.397 e. The molecule has 6 heteroatoms. The van der Waals surface area contributed by atoms with Crippen LogP contribution in [0.5, 0.6) is 0 Å². The molecule has 3 aliphatic rings. The number of carbonyl (C=O) groups is 1. The highest BCUT2D eigenvalue weighted by molar-refractivity contribution is 5.82. The lowest BCUT2D eigenvalue weighted by Gasteiger charge is -2.29. The molecule has 27 heavy (non-hydrogen) atoms. The first kappa shape index (κ1) is 22.8. The maximum atomic E-state index is 11.3. The SMILES string of the molecule is CC.CC1(C)CNc2ccc1cc2N.CN(C(=O)/N=C/N)C1CCCCC1. The molecule has 4 rings (SSSR count). The molecular weight excluding hydrogens is 338 g/mol. The second-order valence-electron chi connectivity index (χ2n) is 7.50. The molecule has 1 saturated carbocycles. The molecule has 2 bridgehead atoms. The van der Waals surface area contributed by atoms with Crippen LogP contribution in [0.15, 0.2) is 23.2 Å². The van der Waals surface area contributed by atoms with Crippen LogP contribution in [0.2, 0.25) is 0 Å². The Kier molecular flexibility index (Phi) is 9.12. The van der Waals surface area contributed by atoms with E-state index in [2.05, 4.69) is 42.4 Å². The van der Waals surface area contributed by atoms with Crippen LogP contribution < -0.4 is 16.8 Å². The average molecular weight is 376 g/mol. The number of carbonyl (C=O) groups excluding carboxylic acids is 1. The van der Waals surface area contributed by atoms with Gasteiger partial charge in [0.1, 0.15) is 0 Å². The van der Waals surface area contributed by atoms with E-state index in [0.717, 1.165) is 37.1 Å². The van der Waals surface area contributed by atoms with Gasteiger partial charge in [-0.3, -0.25) is 0 Å². The quantitative estimate of drug-likeness (QED) is 0.386. The fourth-order valence-electron chi connectivity index (χ4n) is 3.34. The van der Waals surface area contributed by atoms with Crippen LogP contribution in [-0.2, 0) is 5.41 Å². The van der Waals surface area contributed by atoms with E-state index < -0.39 is 0 Å². The van der Waals surface area contributed by atoms with E-state index in [4.69, 9.17) is 11.5 Å². The number of hydrogen-bond acceptors (Lipinski definition) is 3. The molecule has 6 nitrogen and oxygen atoms in total. The summed E-state index contributed by atoms with van der Waals surface area (Å²) >= 11 is 0. The van der Waals surface area contributed by atoms with Crippen molar-refractivity contribution >= 4 is 23.7 Å². The van der Waals surface area contributed by atoms with E-state index in [0.29, 0.717) is 6.04 Å². The van der Waals surface area contributed by atoms with Gasteiger partial charge in [0, 0.05) is 25.0 Å². The second kappa shape index (κ2) is 10.8. The molecule has 0 radical (unpaired) electrons. The fourth-order valence-corrected chi connectivity index (χ4v) is 3.34. The monoisotopic (exact) mass is 375 g/mol. The van der Waals surface area contributed by atoms with Gasteiger partial charge in [0.15, 0.2) is 0 Å². The van der Waals surface area contributed by atoms with Gasteiger partial charge in [-0.1, -0.05) is 53.0 Å². The molecule has 2 amide bonds. The summed E-state index contributed by atoms with van der Waals surface area (Å²) in [6.45, 7) is 9.40. The Balaban J connectivity index is 0.000000248. The number of urea groups is 1. The van der Waals surface area contributed by atoms with Gasteiger partial charge in [0.25, 0.3) is 0 Å². The molecule has 0 atom stereocenters. The Labute approximate surface area is 164 Å². The van der Waals surface area contributed by atoms with Crippen molar-refractivity contribution in [3.63, 3.8) is 0 Å². The first-order chi connectivity index (χ1) is 12.8. The molecule has 1 aromatic carbocycles. The fraction of sp³-hybridized carbons (Fsp3) is 0.619. The number of rotatable bonds is 1. The number of nitrogen functional groups attached to an aromatic ring is 1. The second-order valence-corrected chi connectivity index (χ2v) is 7.50. The topological polar surface area (TPSA) is 96.7 Å². The van der Waals surface area contributed by atoms with E-state index in [-0.39, 0.29) is 11.4 Å². The molecule has 1 aromatic rings. The van der Waals surface area contributed by atoms with Crippen molar-refractivity contribution in [3.8, 4) is 0 Å².